The molecule has 4 rings (SSSR count). The molecule has 1 atom stereocenters. The maximum Gasteiger partial charge on any atom is 0.243 e. The Bertz CT molecular complexity index is 1020. The van der Waals surface area contributed by atoms with Crippen LogP contribution in [-0.2, 0) is 14.8 Å². The van der Waals surface area contributed by atoms with Gasteiger partial charge in [-0.05, 0) is 107 Å². The highest BCUT2D eigenvalue weighted by atomic mass is 32.2. The van der Waals surface area contributed by atoms with Gasteiger partial charge in [0.15, 0.2) is 0 Å². The Morgan fingerprint density at radius 3 is 2.28 bits per heavy atom. The third kappa shape index (κ3) is 9.51. The second kappa shape index (κ2) is 14.9. The van der Waals surface area contributed by atoms with Gasteiger partial charge in [-0.25, -0.2) is 17.1 Å². The van der Waals surface area contributed by atoms with Gasteiger partial charge < -0.3 is 14.5 Å². The van der Waals surface area contributed by atoms with Crippen molar-refractivity contribution < 1.29 is 22.3 Å². The first-order valence-corrected chi connectivity index (χ1v) is 16.1. The molecule has 0 spiro atoms. The zero-order chi connectivity index (χ0) is 28.6. The number of piperidine rings is 1. The number of carbonyl (C=O) groups is 1. The Morgan fingerprint density at radius 1 is 1.08 bits per heavy atom. The van der Waals surface area contributed by atoms with E-state index in [1.165, 1.54) is 83.1 Å². The third-order valence-electron chi connectivity index (χ3n) is 8.73. The lowest BCUT2D eigenvalue weighted by atomic mass is 9.85. The van der Waals surface area contributed by atoms with Gasteiger partial charge in [0.05, 0.1) is 12.0 Å². The molecule has 2 saturated heterocycles. The molecule has 1 aliphatic carbocycles. The molecule has 0 amide bonds. The molecular weight excluding hydrogens is 517 g/mol. The van der Waals surface area contributed by atoms with E-state index in [1.807, 2.05) is 0 Å². The number of hydrogen-bond donors (Lipinski definition) is 0. The first-order valence-electron chi connectivity index (χ1n) is 14.7. The van der Waals surface area contributed by atoms with Crippen LogP contribution in [-0.4, -0.2) is 93.9 Å². The Hall–Kier alpha value is -1.55. The molecule has 2 heterocycles. The van der Waals surface area contributed by atoms with Crippen LogP contribution in [0.3, 0.4) is 0 Å². The number of sulfonamides is 1. The van der Waals surface area contributed by atoms with E-state index in [2.05, 4.69) is 16.7 Å². The van der Waals surface area contributed by atoms with Gasteiger partial charge in [0.25, 0.3) is 0 Å². The molecule has 1 aromatic carbocycles. The number of nitrogens with zero attached hydrogens (tertiary/aromatic N) is 3. The number of benzene rings is 1. The van der Waals surface area contributed by atoms with Gasteiger partial charge in [0.1, 0.15) is 17.7 Å². The monoisotopic (exact) mass is 567 g/mol. The fourth-order valence-corrected chi connectivity index (χ4v) is 7.44. The number of ketones is 1. The van der Waals surface area contributed by atoms with Gasteiger partial charge in [-0.3, -0.25) is 4.79 Å². The van der Waals surface area contributed by atoms with Crippen LogP contribution in [0.15, 0.2) is 23.1 Å². The highest BCUT2D eigenvalue weighted by molar-refractivity contribution is 7.89. The molecule has 3 aliphatic rings. The molecule has 0 N–H and O–H groups in total. The van der Waals surface area contributed by atoms with Crippen molar-refractivity contribution in [1.82, 2.24) is 14.1 Å². The first-order chi connectivity index (χ1) is 18.5. The van der Waals surface area contributed by atoms with Gasteiger partial charge in [-0.1, -0.05) is 6.92 Å². The quantitative estimate of drug-likeness (QED) is 0.422. The zero-order valence-electron chi connectivity index (χ0n) is 24.7. The van der Waals surface area contributed by atoms with Crippen LogP contribution < -0.4 is 4.74 Å². The summed E-state index contributed by atoms with van der Waals surface area (Å²) in [7, 11) is -0.561. The van der Waals surface area contributed by atoms with Crippen molar-refractivity contribution in [2.24, 2.45) is 11.8 Å². The van der Waals surface area contributed by atoms with Gasteiger partial charge >= 0.3 is 0 Å². The lowest BCUT2D eigenvalue weighted by Crippen LogP contribution is -2.44. The van der Waals surface area contributed by atoms with Crippen molar-refractivity contribution in [3.05, 3.63) is 23.8 Å². The molecule has 0 bridgehead atoms. The van der Waals surface area contributed by atoms with Crippen molar-refractivity contribution >= 4 is 15.8 Å². The maximum absolute atomic E-state index is 13.2. The Labute approximate surface area is 236 Å². The molecule has 0 radical (unpaired) electrons. The Balaban J connectivity index is 0.000000216. The van der Waals surface area contributed by atoms with E-state index < -0.39 is 16.2 Å². The molecule has 222 valence electrons. The fraction of sp³-hybridized carbons (Fsp3) is 0.767. The van der Waals surface area contributed by atoms with E-state index in [9.17, 15) is 17.6 Å². The molecular formula is C30H50FN3O4S. The maximum atomic E-state index is 13.2. The van der Waals surface area contributed by atoms with Crippen LogP contribution in [0, 0.1) is 18.8 Å². The van der Waals surface area contributed by atoms with Crippen LogP contribution in [0.2, 0.25) is 0 Å². The predicted molar refractivity (Wildman–Crippen MR) is 155 cm³/mol. The van der Waals surface area contributed by atoms with Crippen molar-refractivity contribution in [1.29, 1.82) is 0 Å². The highest BCUT2D eigenvalue weighted by Crippen LogP contribution is 2.30. The molecule has 9 heteroatoms. The van der Waals surface area contributed by atoms with Crippen LogP contribution >= 0.6 is 0 Å². The topological polar surface area (TPSA) is 70.2 Å². The van der Waals surface area contributed by atoms with Gasteiger partial charge in [0.2, 0.25) is 10.0 Å². The summed E-state index contributed by atoms with van der Waals surface area (Å²) in [5.74, 6) is 2.35. The van der Waals surface area contributed by atoms with E-state index in [0.29, 0.717) is 17.9 Å². The number of methoxy groups -OCH3 is 1. The zero-order valence-corrected chi connectivity index (χ0v) is 25.5. The SMILES string of the molecule is CC1CCC(N2CCC(CN3CC[C@@H](F)C3)CC2)CC1.COc1ccc(S(=O)(=O)N(C)CCC(C)=O)c(C)c1. The minimum absolute atomic E-state index is 0.0338. The largest absolute Gasteiger partial charge is 0.497 e. The second-order valence-electron chi connectivity index (χ2n) is 11.9. The minimum Gasteiger partial charge on any atom is -0.497 e. The van der Waals surface area contributed by atoms with Crippen LogP contribution in [0.4, 0.5) is 4.39 Å². The van der Waals surface area contributed by atoms with Crippen LogP contribution in [0.5, 0.6) is 5.75 Å². The number of alkyl halides is 1. The van der Waals surface area contributed by atoms with Crippen molar-refractivity contribution in [2.45, 2.75) is 89.2 Å². The molecule has 0 aromatic heterocycles. The number of halogens is 1. The van der Waals surface area contributed by atoms with Crippen LogP contribution in [0.25, 0.3) is 0 Å². The lowest BCUT2D eigenvalue weighted by Gasteiger charge is -2.41. The molecule has 7 nitrogen and oxygen atoms in total. The molecule has 1 aromatic rings. The Morgan fingerprint density at radius 2 is 1.74 bits per heavy atom. The summed E-state index contributed by atoms with van der Waals surface area (Å²) in [6.45, 7) is 11.2. The summed E-state index contributed by atoms with van der Waals surface area (Å²) in [4.78, 5) is 16.3. The summed E-state index contributed by atoms with van der Waals surface area (Å²) >= 11 is 0. The Kier molecular flexibility index (Phi) is 12.2. The molecule has 39 heavy (non-hydrogen) atoms. The van der Waals surface area contributed by atoms with E-state index in [0.717, 1.165) is 37.4 Å². The second-order valence-corrected chi connectivity index (χ2v) is 14.0. The number of aryl methyl sites for hydroxylation is 1. The minimum atomic E-state index is -3.56. The number of hydrogen-bond acceptors (Lipinski definition) is 6. The number of Topliss-reactive ketones (excluding diaryl/α,β-unsaturated/α-hetero) is 1. The summed E-state index contributed by atoms with van der Waals surface area (Å²) < 4.78 is 44.1. The summed E-state index contributed by atoms with van der Waals surface area (Å²) in [5.41, 5.74) is 0.619. The van der Waals surface area contributed by atoms with E-state index >= 15 is 0 Å². The van der Waals surface area contributed by atoms with Crippen molar-refractivity contribution in [2.75, 3.05) is 53.4 Å². The number of rotatable bonds is 9. The summed E-state index contributed by atoms with van der Waals surface area (Å²) in [6.07, 6.45) is 8.78. The fourth-order valence-electron chi connectivity index (χ4n) is 6.07. The smallest absolute Gasteiger partial charge is 0.243 e. The average molecular weight is 568 g/mol. The highest BCUT2D eigenvalue weighted by Gasteiger charge is 2.30. The molecule has 3 fully saturated rings. The average Bonchev–Trinajstić information content (AvgIpc) is 3.32. The van der Waals surface area contributed by atoms with E-state index in [-0.39, 0.29) is 23.6 Å². The standard InChI is InChI=1S/C17H31FN2.C13H19NO4S/c1-14-2-4-17(5-3-14)20-10-6-15(7-11-20)12-19-9-8-16(18)13-19;1-10-9-12(18-4)5-6-13(10)19(16,17)14(3)8-7-11(2)15/h14-17H,2-13H2,1H3;5-6,9H,7-8H2,1-4H3/t14?,16-,17?;/m1./s1. The van der Waals surface area contributed by atoms with Gasteiger partial charge in [-0.2, -0.15) is 0 Å². The molecule has 1 saturated carbocycles. The van der Waals surface area contributed by atoms with Crippen molar-refractivity contribution in [3.63, 3.8) is 0 Å². The van der Waals surface area contributed by atoms with Crippen molar-refractivity contribution in [3.8, 4) is 5.75 Å². The summed E-state index contributed by atoms with van der Waals surface area (Å²) in [5, 5.41) is 0. The number of ether oxygens (including phenoxy) is 1. The van der Waals surface area contributed by atoms with E-state index in [1.54, 1.807) is 19.1 Å². The summed E-state index contributed by atoms with van der Waals surface area (Å²) in [6, 6.07) is 5.67. The molecule has 0 unspecified atom stereocenters. The van der Waals surface area contributed by atoms with E-state index in [4.69, 9.17) is 4.74 Å². The number of carbonyl (C=O) groups excluding carboxylic acids is 1. The predicted octanol–water partition coefficient (Wildman–Crippen LogP) is 4.92. The molecule has 2 aliphatic heterocycles. The van der Waals surface area contributed by atoms with Gasteiger partial charge in [0, 0.05) is 45.7 Å². The van der Waals surface area contributed by atoms with Crippen LogP contribution in [0.1, 0.15) is 70.8 Å². The first kappa shape index (κ1) is 32.0. The van der Waals surface area contributed by atoms with Gasteiger partial charge in [-0.15, -0.1) is 0 Å². The normalized spacial score (nSPS) is 25.4. The third-order valence-corrected chi connectivity index (χ3v) is 10.7. The lowest BCUT2D eigenvalue weighted by molar-refractivity contribution is -0.117. The number of likely N-dealkylation sites (tertiary alicyclic amines) is 2.